The second-order valence-electron chi connectivity index (χ2n) is 7.57. The summed E-state index contributed by atoms with van der Waals surface area (Å²) in [7, 11) is 0. The summed E-state index contributed by atoms with van der Waals surface area (Å²) in [6.07, 6.45) is 5.08. The molecule has 1 fully saturated rings. The molecule has 0 amide bonds. The van der Waals surface area contributed by atoms with Crippen LogP contribution in [0.4, 0.5) is 0 Å². The van der Waals surface area contributed by atoms with Gasteiger partial charge in [-0.25, -0.2) is 4.79 Å². The van der Waals surface area contributed by atoms with Gasteiger partial charge in [-0.3, -0.25) is 0 Å². The molecule has 2 aromatic rings. The number of esters is 1. The quantitative estimate of drug-likeness (QED) is 0.828. The molecule has 24 heavy (non-hydrogen) atoms. The number of nitrogens with two attached hydrogens (primary N) is 1. The Kier molecular flexibility index (Phi) is 4.95. The van der Waals surface area contributed by atoms with E-state index in [0.717, 1.165) is 29.3 Å². The molecule has 130 valence electrons. The highest BCUT2D eigenvalue weighted by Gasteiger charge is 2.34. The molecular weight excluding hydrogens is 300 g/mol. The number of ether oxygens (including phenoxy) is 1. The zero-order valence-corrected chi connectivity index (χ0v) is 14.8. The number of H-pyrrole nitrogens is 1. The van der Waals surface area contributed by atoms with Crippen molar-refractivity contribution in [3.05, 3.63) is 36.0 Å². The van der Waals surface area contributed by atoms with Gasteiger partial charge in [0.05, 0.1) is 0 Å². The van der Waals surface area contributed by atoms with Gasteiger partial charge in [0.2, 0.25) is 0 Å². The molecule has 3 N–H and O–H groups in total. The number of benzene rings is 1. The summed E-state index contributed by atoms with van der Waals surface area (Å²) in [5.41, 5.74) is 8.02. The molecule has 3 rings (SSSR count). The predicted molar refractivity (Wildman–Crippen MR) is 96.5 cm³/mol. The third-order valence-electron chi connectivity index (χ3n) is 5.44. The molecular formula is C20H28N2O2. The summed E-state index contributed by atoms with van der Waals surface area (Å²) in [6.45, 7) is 6.65. The molecule has 0 spiro atoms. The van der Waals surface area contributed by atoms with Crippen LogP contribution in [0.2, 0.25) is 0 Å². The van der Waals surface area contributed by atoms with Crippen LogP contribution in [-0.2, 0) is 9.53 Å². The Hall–Kier alpha value is -1.81. The van der Waals surface area contributed by atoms with E-state index in [1.165, 1.54) is 6.42 Å². The smallest absolute Gasteiger partial charge is 0.327 e. The van der Waals surface area contributed by atoms with E-state index in [9.17, 15) is 4.79 Å². The maximum atomic E-state index is 12.7. The van der Waals surface area contributed by atoms with E-state index < -0.39 is 6.04 Å². The number of nitrogens with one attached hydrogen (secondary N) is 1. The van der Waals surface area contributed by atoms with Gasteiger partial charge in [0, 0.05) is 22.7 Å². The first kappa shape index (κ1) is 17.0. The number of carbonyl (C=O) groups is 1. The minimum Gasteiger partial charge on any atom is -0.461 e. The molecule has 4 heteroatoms. The van der Waals surface area contributed by atoms with E-state index in [4.69, 9.17) is 10.5 Å². The van der Waals surface area contributed by atoms with E-state index in [1.54, 1.807) is 0 Å². The fourth-order valence-electron chi connectivity index (χ4n) is 3.95. The van der Waals surface area contributed by atoms with E-state index in [2.05, 4.69) is 25.8 Å². The van der Waals surface area contributed by atoms with E-state index >= 15 is 0 Å². The van der Waals surface area contributed by atoms with E-state index in [-0.39, 0.29) is 12.1 Å². The van der Waals surface area contributed by atoms with Gasteiger partial charge in [0.15, 0.2) is 0 Å². The van der Waals surface area contributed by atoms with Crippen molar-refractivity contribution in [3.63, 3.8) is 0 Å². The Labute approximate surface area is 143 Å². The van der Waals surface area contributed by atoms with Crippen LogP contribution in [0.5, 0.6) is 0 Å². The molecule has 1 aromatic heterocycles. The zero-order valence-electron chi connectivity index (χ0n) is 14.8. The number of fused-ring (bicyclic) bond motifs is 1. The van der Waals surface area contributed by atoms with Gasteiger partial charge in [0.1, 0.15) is 12.1 Å². The molecule has 4 atom stereocenters. The number of rotatable bonds is 4. The monoisotopic (exact) mass is 328 g/mol. The summed E-state index contributed by atoms with van der Waals surface area (Å²) >= 11 is 0. The van der Waals surface area contributed by atoms with Gasteiger partial charge in [0.25, 0.3) is 0 Å². The first-order valence-corrected chi connectivity index (χ1v) is 8.99. The number of para-hydroxylation sites is 1. The topological polar surface area (TPSA) is 68.1 Å². The van der Waals surface area contributed by atoms with Crippen LogP contribution in [-0.4, -0.2) is 17.1 Å². The summed E-state index contributed by atoms with van der Waals surface area (Å²) in [6, 6.07) is 7.13. The highest BCUT2D eigenvalue weighted by Crippen LogP contribution is 2.36. The fraction of sp³-hybridized carbons (Fsp3) is 0.550. The Bertz CT molecular complexity index is 706. The van der Waals surface area contributed by atoms with Crippen LogP contribution in [0.15, 0.2) is 30.5 Å². The second kappa shape index (κ2) is 6.98. The molecule has 0 bridgehead atoms. The van der Waals surface area contributed by atoms with Crippen molar-refractivity contribution in [1.82, 2.24) is 4.98 Å². The van der Waals surface area contributed by atoms with E-state index in [0.29, 0.717) is 17.8 Å². The van der Waals surface area contributed by atoms with Gasteiger partial charge in [-0.05, 0) is 36.7 Å². The molecule has 0 aliphatic heterocycles. The molecule has 0 saturated heterocycles. The number of hydrogen-bond acceptors (Lipinski definition) is 3. The summed E-state index contributed by atoms with van der Waals surface area (Å²) in [5, 5.41) is 0.986. The van der Waals surface area contributed by atoms with Crippen molar-refractivity contribution in [2.24, 2.45) is 23.5 Å². The SMILES string of the molecule is CC1CCC(C(C)C)C(OC(=O)C(N)c2c[nH]c3ccccc23)C1. The Balaban J connectivity index is 1.75. The minimum absolute atomic E-state index is 0.0162. The number of carbonyl (C=O) groups excluding carboxylic acids is 1. The largest absolute Gasteiger partial charge is 0.461 e. The molecule has 1 aromatic carbocycles. The van der Waals surface area contributed by atoms with Crippen LogP contribution >= 0.6 is 0 Å². The van der Waals surface area contributed by atoms with E-state index in [1.807, 2.05) is 30.5 Å². The lowest BCUT2D eigenvalue weighted by molar-refractivity contribution is -0.157. The van der Waals surface area contributed by atoms with Crippen LogP contribution in [0.3, 0.4) is 0 Å². The molecule has 1 heterocycles. The van der Waals surface area contributed by atoms with Crippen LogP contribution in [0.25, 0.3) is 10.9 Å². The highest BCUT2D eigenvalue weighted by molar-refractivity contribution is 5.89. The lowest BCUT2D eigenvalue weighted by Crippen LogP contribution is -2.38. The van der Waals surface area contributed by atoms with Crippen molar-refractivity contribution in [2.45, 2.75) is 52.2 Å². The van der Waals surface area contributed by atoms with Gasteiger partial charge >= 0.3 is 5.97 Å². The van der Waals surface area contributed by atoms with Gasteiger partial charge in [-0.2, -0.15) is 0 Å². The van der Waals surface area contributed by atoms with Gasteiger partial charge in [-0.15, -0.1) is 0 Å². The molecule has 1 saturated carbocycles. The lowest BCUT2D eigenvalue weighted by Gasteiger charge is -2.37. The standard InChI is InChI=1S/C20H28N2O2/c1-12(2)14-9-8-13(3)10-18(14)24-20(23)19(21)16-11-22-17-7-5-4-6-15(16)17/h4-7,11-14,18-19,22H,8-10,21H2,1-3H3. The van der Waals surface area contributed by atoms with Crippen molar-refractivity contribution >= 4 is 16.9 Å². The molecule has 1 aliphatic carbocycles. The summed E-state index contributed by atoms with van der Waals surface area (Å²) < 4.78 is 5.89. The van der Waals surface area contributed by atoms with Gasteiger partial charge in [-0.1, -0.05) is 45.4 Å². The number of aromatic amines is 1. The Morgan fingerprint density at radius 3 is 2.79 bits per heavy atom. The molecule has 0 radical (unpaired) electrons. The highest BCUT2D eigenvalue weighted by atomic mass is 16.5. The zero-order chi connectivity index (χ0) is 17.3. The normalized spacial score (nSPS) is 25.8. The third kappa shape index (κ3) is 3.34. The third-order valence-corrected chi connectivity index (χ3v) is 5.44. The molecule has 1 aliphatic rings. The van der Waals surface area contributed by atoms with Gasteiger partial charge < -0.3 is 15.5 Å². The molecule has 4 nitrogen and oxygen atoms in total. The lowest BCUT2D eigenvalue weighted by atomic mass is 9.75. The molecule has 4 unspecified atom stereocenters. The minimum atomic E-state index is -0.744. The second-order valence-corrected chi connectivity index (χ2v) is 7.57. The fourth-order valence-corrected chi connectivity index (χ4v) is 3.95. The Morgan fingerprint density at radius 1 is 1.29 bits per heavy atom. The van der Waals surface area contributed by atoms with Crippen molar-refractivity contribution in [2.75, 3.05) is 0 Å². The average Bonchev–Trinajstić information content (AvgIpc) is 2.97. The first-order chi connectivity index (χ1) is 11.5. The van der Waals surface area contributed by atoms with Crippen LogP contribution < -0.4 is 5.73 Å². The number of aromatic nitrogens is 1. The van der Waals surface area contributed by atoms with Crippen molar-refractivity contribution in [1.29, 1.82) is 0 Å². The maximum absolute atomic E-state index is 12.7. The average molecular weight is 328 g/mol. The summed E-state index contributed by atoms with van der Waals surface area (Å²) in [5.74, 6) is 1.23. The number of hydrogen-bond donors (Lipinski definition) is 2. The van der Waals surface area contributed by atoms with Crippen LogP contribution in [0, 0.1) is 17.8 Å². The van der Waals surface area contributed by atoms with Crippen molar-refractivity contribution < 1.29 is 9.53 Å². The predicted octanol–water partition coefficient (Wildman–Crippen LogP) is 4.17. The first-order valence-electron chi connectivity index (χ1n) is 8.99. The Morgan fingerprint density at radius 2 is 2.04 bits per heavy atom. The maximum Gasteiger partial charge on any atom is 0.327 e. The summed E-state index contributed by atoms with van der Waals surface area (Å²) in [4.78, 5) is 15.8. The van der Waals surface area contributed by atoms with Crippen LogP contribution in [0.1, 0.15) is 51.6 Å². The van der Waals surface area contributed by atoms with Crippen molar-refractivity contribution in [3.8, 4) is 0 Å².